The van der Waals surface area contributed by atoms with Gasteiger partial charge in [-0.25, -0.2) is 4.98 Å². The SMILES string of the molecule is CC.ClCc1cn2ccccc2n1. The number of alkyl halides is 1. The summed E-state index contributed by atoms with van der Waals surface area (Å²) in [6.07, 6.45) is 3.89. The van der Waals surface area contributed by atoms with E-state index in [1.165, 1.54) is 0 Å². The van der Waals surface area contributed by atoms with E-state index in [0.29, 0.717) is 5.88 Å². The number of hydrogen-bond donors (Lipinski definition) is 0. The van der Waals surface area contributed by atoms with E-state index >= 15 is 0 Å². The van der Waals surface area contributed by atoms with Crippen LogP contribution in [-0.2, 0) is 5.88 Å². The average molecular weight is 197 g/mol. The van der Waals surface area contributed by atoms with Crippen molar-refractivity contribution in [3.8, 4) is 0 Å². The summed E-state index contributed by atoms with van der Waals surface area (Å²) in [6, 6.07) is 5.88. The number of hydrogen-bond acceptors (Lipinski definition) is 1. The van der Waals surface area contributed by atoms with Crippen LogP contribution < -0.4 is 0 Å². The van der Waals surface area contributed by atoms with Gasteiger partial charge in [0.1, 0.15) is 5.65 Å². The quantitative estimate of drug-likeness (QED) is 0.641. The molecule has 2 heterocycles. The van der Waals surface area contributed by atoms with Gasteiger partial charge in [-0.3, -0.25) is 0 Å². The van der Waals surface area contributed by atoms with Crippen molar-refractivity contribution in [3.63, 3.8) is 0 Å². The smallest absolute Gasteiger partial charge is 0.137 e. The molecular weight excluding hydrogens is 184 g/mol. The third-order valence-corrected chi connectivity index (χ3v) is 1.82. The fraction of sp³-hybridized carbons (Fsp3) is 0.300. The van der Waals surface area contributed by atoms with E-state index in [9.17, 15) is 0 Å². The zero-order valence-electron chi connectivity index (χ0n) is 7.87. The molecule has 2 aromatic rings. The summed E-state index contributed by atoms with van der Waals surface area (Å²) in [5, 5.41) is 0. The number of halogens is 1. The Balaban J connectivity index is 0.000000396. The first-order valence-corrected chi connectivity index (χ1v) is 4.92. The Kier molecular flexibility index (Phi) is 3.77. The van der Waals surface area contributed by atoms with Gasteiger partial charge in [0.05, 0.1) is 11.6 Å². The van der Waals surface area contributed by atoms with Crippen LogP contribution in [0, 0.1) is 0 Å². The van der Waals surface area contributed by atoms with Gasteiger partial charge in [0.15, 0.2) is 0 Å². The van der Waals surface area contributed by atoms with Gasteiger partial charge >= 0.3 is 0 Å². The molecule has 0 saturated heterocycles. The number of pyridine rings is 1. The molecule has 13 heavy (non-hydrogen) atoms. The van der Waals surface area contributed by atoms with Gasteiger partial charge in [-0.15, -0.1) is 11.6 Å². The van der Waals surface area contributed by atoms with Crippen LogP contribution in [0.3, 0.4) is 0 Å². The van der Waals surface area contributed by atoms with E-state index in [4.69, 9.17) is 11.6 Å². The molecule has 0 spiro atoms. The molecule has 0 aliphatic carbocycles. The van der Waals surface area contributed by atoms with E-state index in [0.717, 1.165) is 11.3 Å². The molecule has 0 aliphatic rings. The predicted octanol–water partition coefficient (Wildman–Crippen LogP) is 3.10. The van der Waals surface area contributed by atoms with Gasteiger partial charge in [0.2, 0.25) is 0 Å². The second-order valence-electron chi connectivity index (χ2n) is 2.33. The van der Waals surface area contributed by atoms with Crippen LogP contribution in [0.15, 0.2) is 30.6 Å². The van der Waals surface area contributed by atoms with Gasteiger partial charge in [-0.2, -0.15) is 0 Å². The van der Waals surface area contributed by atoms with E-state index in [1.807, 2.05) is 48.8 Å². The van der Waals surface area contributed by atoms with E-state index < -0.39 is 0 Å². The molecule has 0 amide bonds. The standard InChI is InChI=1S/C8H7ClN2.C2H6/c9-5-7-6-11-4-2-1-3-8(11)10-7;1-2/h1-4,6H,5H2;1-2H3. The Labute approximate surface area is 83.2 Å². The molecule has 0 fully saturated rings. The highest BCUT2D eigenvalue weighted by atomic mass is 35.5. The minimum Gasteiger partial charge on any atom is -0.307 e. The molecule has 0 atom stereocenters. The fourth-order valence-corrected chi connectivity index (χ4v) is 1.18. The normalized spacial score (nSPS) is 9.46. The van der Waals surface area contributed by atoms with E-state index in [-0.39, 0.29) is 0 Å². The van der Waals surface area contributed by atoms with Crippen LogP contribution in [0.2, 0.25) is 0 Å². The number of nitrogens with zero attached hydrogens (tertiary/aromatic N) is 2. The summed E-state index contributed by atoms with van der Waals surface area (Å²) in [7, 11) is 0. The topological polar surface area (TPSA) is 17.3 Å². The van der Waals surface area contributed by atoms with E-state index in [1.54, 1.807) is 0 Å². The minimum atomic E-state index is 0.474. The van der Waals surface area contributed by atoms with E-state index in [2.05, 4.69) is 4.98 Å². The van der Waals surface area contributed by atoms with Crippen molar-refractivity contribution in [2.24, 2.45) is 0 Å². The fourth-order valence-electron chi connectivity index (χ4n) is 1.05. The largest absolute Gasteiger partial charge is 0.307 e. The Bertz CT molecular complexity index is 335. The third-order valence-electron chi connectivity index (χ3n) is 1.55. The zero-order chi connectivity index (χ0) is 9.68. The van der Waals surface area contributed by atoms with Crippen LogP contribution >= 0.6 is 11.6 Å². The summed E-state index contributed by atoms with van der Waals surface area (Å²) < 4.78 is 1.96. The van der Waals surface area contributed by atoms with Crippen molar-refractivity contribution in [2.45, 2.75) is 19.7 Å². The summed E-state index contributed by atoms with van der Waals surface area (Å²) in [5.41, 5.74) is 1.86. The Morgan fingerprint density at radius 1 is 1.38 bits per heavy atom. The zero-order valence-corrected chi connectivity index (χ0v) is 8.62. The van der Waals surface area contributed by atoms with Crippen LogP contribution in [-0.4, -0.2) is 9.38 Å². The maximum absolute atomic E-state index is 5.62. The van der Waals surface area contributed by atoms with Crippen LogP contribution in [0.4, 0.5) is 0 Å². The molecule has 0 aliphatic heterocycles. The summed E-state index contributed by atoms with van der Waals surface area (Å²) in [4.78, 5) is 4.26. The minimum absolute atomic E-state index is 0.474. The number of imidazole rings is 1. The molecule has 3 heteroatoms. The van der Waals surface area contributed by atoms with Crippen LogP contribution in [0.1, 0.15) is 19.5 Å². The lowest BCUT2D eigenvalue weighted by atomic mass is 10.5. The molecule has 2 nitrogen and oxygen atoms in total. The first-order chi connectivity index (χ1) is 6.40. The molecule has 0 saturated carbocycles. The van der Waals surface area contributed by atoms with Crippen molar-refractivity contribution < 1.29 is 0 Å². The Morgan fingerprint density at radius 3 is 2.77 bits per heavy atom. The molecule has 0 aromatic carbocycles. The lowest BCUT2D eigenvalue weighted by molar-refractivity contribution is 1.18. The van der Waals surface area contributed by atoms with Crippen molar-refractivity contribution in [3.05, 3.63) is 36.3 Å². The van der Waals surface area contributed by atoms with Gasteiger partial charge < -0.3 is 4.40 Å². The first kappa shape index (κ1) is 10.1. The second kappa shape index (κ2) is 4.87. The number of aromatic nitrogens is 2. The third kappa shape index (κ3) is 2.22. The average Bonchev–Trinajstić information content (AvgIpc) is 2.63. The van der Waals surface area contributed by atoms with Crippen molar-refractivity contribution in [1.29, 1.82) is 0 Å². The summed E-state index contributed by atoms with van der Waals surface area (Å²) in [5.74, 6) is 0.474. The molecule has 0 N–H and O–H groups in total. The predicted molar refractivity (Wildman–Crippen MR) is 56.1 cm³/mol. The number of fused-ring (bicyclic) bond motifs is 1. The van der Waals surface area contributed by atoms with Crippen molar-refractivity contribution >= 4 is 17.2 Å². The van der Waals surface area contributed by atoms with Gasteiger partial charge in [-0.1, -0.05) is 19.9 Å². The highest BCUT2D eigenvalue weighted by Crippen LogP contribution is 2.05. The second-order valence-corrected chi connectivity index (χ2v) is 2.60. The Hall–Kier alpha value is -1.02. The molecule has 2 aromatic heterocycles. The van der Waals surface area contributed by atoms with Crippen LogP contribution in [0.5, 0.6) is 0 Å². The monoisotopic (exact) mass is 196 g/mol. The molecule has 0 bridgehead atoms. The maximum Gasteiger partial charge on any atom is 0.137 e. The molecular formula is C10H13ClN2. The van der Waals surface area contributed by atoms with Gasteiger partial charge in [-0.05, 0) is 12.1 Å². The lowest BCUT2D eigenvalue weighted by Gasteiger charge is -1.86. The first-order valence-electron chi connectivity index (χ1n) is 4.39. The molecule has 70 valence electrons. The summed E-state index contributed by atoms with van der Waals surface area (Å²) in [6.45, 7) is 4.00. The highest BCUT2D eigenvalue weighted by Gasteiger charge is 1.96. The summed E-state index contributed by atoms with van der Waals surface area (Å²) >= 11 is 5.62. The van der Waals surface area contributed by atoms with Crippen molar-refractivity contribution in [1.82, 2.24) is 9.38 Å². The number of rotatable bonds is 1. The van der Waals surface area contributed by atoms with Gasteiger partial charge in [0.25, 0.3) is 0 Å². The molecule has 0 unspecified atom stereocenters. The van der Waals surface area contributed by atoms with Gasteiger partial charge in [0, 0.05) is 12.4 Å². The van der Waals surface area contributed by atoms with Crippen molar-refractivity contribution in [2.75, 3.05) is 0 Å². The molecule has 0 radical (unpaired) electrons. The van der Waals surface area contributed by atoms with Crippen LogP contribution in [0.25, 0.3) is 5.65 Å². The Morgan fingerprint density at radius 2 is 2.15 bits per heavy atom. The molecule has 2 rings (SSSR count). The highest BCUT2D eigenvalue weighted by molar-refractivity contribution is 6.16. The maximum atomic E-state index is 5.62. The lowest BCUT2D eigenvalue weighted by Crippen LogP contribution is -1.77.